The second kappa shape index (κ2) is 8.45. The minimum absolute atomic E-state index is 0.168. The van der Waals surface area contributed by atoms with Gasteiger partial charge in [0.05, 0.1) is 0 Å². The number of unbranched alkanes of at least 4 members (excludes halogenated alkanes) is 3. The molecule has 0 bridgehead atoms. The van der Waals surface area contributed by atoms with Gasteiger partial charge in [-0.2, -0.15) is 0 Å². The summed E-state index contributed by atoms with van der Waals surface area (Å²) in [5.74, 6) is -3.12. The van der Waals surface area contributed by atoms with Crippen LogP contribution in [0.2, 0.25) is 0 Å². The molecule has 0 radical (unpaired) electrons. The van der Waals surface area contributed by atoms with E-state index in [4.69, 9.17) is 5.73 Å². The summed E-state index contributed by atoms with van der Waals surface area (Å²) in [4.78, 5) is 47.7. The average molecular weight is 324 g/mol. The Morgan fingerprint density at radius 3 is 2.35 bits per heavy atom. The molecule has 1 aliphatic rings. The summed E-state index contributed by atoms with van der Waals surface area (Å²) >= 11 is 0. The maximum atomic E-state index is 12.4. The summed E-state index contributed by atoms with van der Waals surface area (Å²) in [5, 5.41) is 9.28. The number of carbonyl (C=O) groups excluding carboxylic acids is 3. The Hall–Kier alpha value is -2.18. The van der Waals surface area contributed by atoms with Gasteiger partial charge in [0.25, 0.3) is 11.8 Å². The lowest BCUT2D eigenvalue weighted by Crippen LogP contribution is -2.46. The smallest absolute Gasteiger partial charge is 0.326 e. The highest BCUT2D eigenvalue weighted by molar-refractivity contribution is 6.20. The highest BCUT2D eigenvalue weighted by Crippen LogP contribution is 2.28. The molecule has 7 nitrogen and oxygen atoms in total. The molecule has 1 aliphatic heterocycles. The van der Waals surface area contributed by atoms with Crippen LogP contribution in [0.5, 0.6) is 0 Å². The van der Waals surface area contributed by atoms with E-state index in [0.29, 0.717) is 17.6 Å². The molecule has 3 N–H and O–H groups in total. The summed E-state index contributed by atoms with van der Waals surface area (Å²) in [6.45, 7) is 3.62. The van der Waals surface area contributed by atoms with Gasteiger partial charge in [-0.15, -0.1) is 0 Å². The van der Waals surface area contributed by atoms with Gasteiger partial charge in [0.15, 0.2) is 0 Å². The quantitative estimate of drug-likeness (QED) is 0.464. The van der Waals surface area contributed by atoms with E-state index in [2.05, 4.69) is 6.92 Å². The van der Waals surface area contributed by atoms with E-state index in [1.54, 1.807) is 6.92 Å². The minimum atomic E-state index is -1.36. The van der Waals surface area contributed by atoms with Crippen molar-refractivity contribution in [1.29, 1.82) is 0 Å². The Balaban J connectivity index is 2.85. The van der Waals surface area contributed by atoms with Crippen molar-refractivity contribution < 1.29 is 24.3 Å². The molecular weight excluding hydrogens is 300 g/mol. The third-order valence-corrected chi connectivity index (χ3v) is 4.01. The molecule has 0 spiro atoms. The molecule has 0 aromatic carbocycles. The maximum Gasteiger partial charge on any atom is 0.326 e. The summed E-state index contributed by atoms with van der Waals surface area (Å²) < 4.78 is 0. The molecule has 0 aromatic heterocycles. The molecule has 7 heteroatoms. The van der Waals surface area contributed by atoms with Crippen LogP contribution in [0, 0.1) is 0 Å². The summed E-state index contributed by atoms with van der Waals surface area (Å²) in [6, 6.07) is -1.36. The first-order valence-electron chi connectivity index (χ1n) is 7.90. The molecule has 0 saturated carbocycles. The molecular formula is C16H24N2O5. The first-order chi connectivity index (χ1) is 10.8. The highest BCUT2D eigenvalue weighted by Gasteiger charge is 2.42. The lowest BCUT2D eigenvalue weighted by Gasteiger charge is -2.22. The minimum Gasteiger partial charge on any atom is -0.480 e. The SMILES string of the molecule is CCCCCCC1=C(C)C(=O)N([C@H](CCC(N)=O)C(=O)O)C1=O. The van der Waals surface area contributed by atoms with Gasteiger partial charge in [-0.05, 0) is 26.2 Å². The second-order valence-corrected chi connectivity index (χ2v) is 5.75. The molecule has 0 aromatic rings. The van der Waals surface area contributed by atoms with E-state index < -0.39 is 29.7 Å². The zero-order chi connectivity index (χ0) is 17.6. The molecule has 0 saturated heterocycles. The Bertz CT molecular complexity index is 539. The number of hydrogen-bond donors (Lipinski definition) is 2. The van der Waals surface area contributed by atoms with E-state index in [0.717, 1.165) is 30.6 Å². The lowest BCUT2D eigenvalue weighted by atomic mass is 10.0. The number of nitrogens with two attached hydrogens (primary N) is 1. The zero-order valence-corrected chi connectivity index (χ0v) is 13.6. The van der Waals surface area contributed by atoms with Crippen LogP contribution in [0.3, 0.4) is 0 Å². The standard InChI is InChI=1S/C16H24N2O5/c1-3-4-5-6-7-11-10(2)14(20)18(15(11)21)12(16(22)23)8-9-13(17)19/h12H,3-9H2,1-2H3,(H2,17,19)(H,22,23)/t12-/m1/s1. The van der Waals surface area contributed by atoms with E-state index in [1.807, 2.05) is 0 Å². The van der Waals surface area contributed by atoms with Crippen LogP contribution >= 0.6 is 0 Å². The Morgan fingerprint density at radius 2 is 1.83 bits per heavy atom. The summed E-state index contributed by atoms with van der Waals surface area (Å²) in [7, 11) is 0. The van der Waals surface area contributed by atoms with Crippen LogP contribution in [0.15, 0.2) is 11.1 Å². The van der Waals surface area contributed by atoms with Crippen LogP contribution in [0.4, 0.5) is 0 Å². The van der Waals surface area contributed by atoms with E-state index in [1.165, 1.54) is 0 Å². The predicted octanol–water partition coefficient (Wildman–Crippen LogP) is 1.36. The number of rotatable bonds is 10. The number of nitrogens with zero attached hydrogens (tertiary/aromatic N) is 1. The molecule has 128 valence electrons. The maximum absolute atomic E-state index is 12.4. The number of carboxylic acids is 1. The largest absolute Gasteiger partial charge is 0.480 e. The molecule has 3 amide bonds. The van der Waals surface area contributed by atoms with Crippen LogP contribution in [0.1, 0.15) is 58.8 Å². The Morgan fingerprint density at radius 1 is 1.17 bits per heavy atom. The van der Waals surface area contributed by atoms with Gasteiger partial charge in [-0.1, -0.05) is 26.2 Å². The number of hydrogen-bond acceptors (Lipinski definition) is 4. The van der Waals surface area contributed by atoms with Crippen molar-refractivity contribution in [2.75, 3.05) is 0 Å². The van der Waals surface area contributed by atoms with Gasteiger partial charge in [0, 0.05) is 17.6 Å². The molecule has 1 heterocycles. The predicted molar refractivity (Wildman–Crippen MR) is 83.2 cm³/mol. The average Bonchev–Trinajstić information content (AvgIpc) is 2.68. The molecule has 0 aliphatic carbocycles. The fourth-order valence-corrected chi connectivity index (χ4v) is 2.66. The molecule has 1 rings (SSSR count). The third-order valence-electron chi connectivity index (χ3n) is 4.01. The van der Waals surface area contributed by atoms with Crippen LogP contribution < -0.4 is 5.73 Å². The van der Waals surface area contributed by atoms with Crippen molar-refractivity contribution in [2.45, 2.75) is 64.8 Å². The Kier molecular flexibility index (Phi) is 6.93. The highest BCUT2D eigenvalue weighted by atomic mass is 16.4. The zero-order valence-electron chi connectivity index (χ0n) is 13.6. The van der Waals surface area contributed by atoms with Crippen molar-refractivity contribution in [3.8, 4) is 0 Å². The van der Waals surface area contributed by atoms with Gasteiger partial charge in [0.1, 0.15) is 6.04 Å². The number of carboxylic acid groups (broad SMARTS) is 1. The van der Waals surface area contributed by atoms with Crippen LogP contribution in [-0.2, 0) is 19.2 Å². The van der Waals surface area contributed by atoms with Gasteiger partial charge < -0.3 is 10.8 Å². The number of imide groups is 1. The van der Waals surface area contributed by atoms with Crippen molar-refractivity contribution in [3.63, 3.8) is 0 Å². The van der Waals surface area contributed by atoms with E-state index >= 15 is 0 Å². The molecule has 0 fully saturated rings. The first kappa shape index (κ1) is 18.9. The second-order valence-electron chi connectivity index (χ2n) is 5.75. The van der Waals surface area contributed by atoms with Crippen molar-refractivity contribution >= 4 is 23.7 Å². The number of aliphatic carboxylic acids is 1. The van der Waals surface area contributed by atoms with Crippen LogP contribution in [0.25, 0.3) is 0 Å². The van der Waals surface area contributed by atoms with Gasteiger partial charge >= 0.3 is 5.97 Å². The first-order valence-corrected chi connectivity index (χ1v) is 7.90. The van der Waals surface area contributed by atoms with Crippen molar-refractivity contribution in [2.24, 2.45) is 5.73 Å². The normalized spacial score (nSPS) is 16.2. The van der Waals surface area contributed by atoms with Crippen molar-refractivity contribution in [3.05, 3.63) is 11.1 Å². The number of primary amides is 1. The van der Waals surface area contributed by atoms with E-state index in [9.17, 15) is 24.3 Å². The molecule has 23 heavy (non-hydrogen) atoms. The van der Waals surface area contributed by atoms with Crippen LogP contribution in [-0.4, -0.2) is 39.7 Å². The molecule has 0 unspecified atom stereocenters. The van der Waals surface area contributed by atoms with Gasteiger partial charge in [-0.3, -0.25) is 19.3 Å². The lowest BCUT2D eigenvalue weighted by molar-refractivity contribution is -0.154. The fourth-order valence-electron chi connectivity index (χ4n) is 2.66. The fraction of sp³-hybridized carbons (Fsp3) is 0.625. The molecule has 1 atom stereocenters. The topological polar surface area (TPSA) is 118 Å². The number of carbonyl (C=O) groups is 4. The van der Waals surface area contributed by atoms with Gasteiger partial charge in [-0.25, -0.2) is 4.79 Å². The number of amides is 3. The van der Waals surface area contributed by atoms with Gasteiger partial charge in [0.2, 0.25) is 5.91 Å². The van der Waals surface area contributed by atoms with E-state index in [-0.39, 0.29) is 12.8 Å². The Labute approximate surface area is 135 Å². The third kappa shape index (κ3) is 4.64. The monoisotopic (exact) mass is 324 g/mol. The summed E-state index contributed by atoms with van der Waals surface area (Å²) in [6.07, 6.45) is 3.96. The van der Waals surface area contributed by atoms with Crippen molar-refractivity contribution in [1.82, 2.24) is 4.90 Å². The summed E-state index contributed by atoms with van der Waals surface area (Å²) in [5.41, 5.74) is 5.72.